The molecule has 2 aromatic rings. The van der Waals surface area contributed by atoms with E-state index in [4.69, 9.17) is 5.84 Å². The molecule has 0 aliphatic rings. The maximum absolute atomic E-state index is 13.9. The van der Waals surface area contributed by atoms with Crippen LogP contribution in [0.2, 0.25) is 0 Å². The van der Waals surface area contributed by atoms with Gasteiger partial charge in [0.2, 0.25) is 11.1 Å². The van der Waals surface area contributed by atoms with Crippen LogP contribution < -0.4 is 5.84 Å². The van der Waals surface area contributed by atoms with E-state index in [1.54, 1.807) is 18.2 Å². The summed E-state index contributed by atoms with van der Waals surface area (Å²) < 4.78 is 15.1. The van der Waals surface area contributed by atoms with Crippen LogP contribution in [0.15, 0.2) is 29.4 Å². The summed E-state index contributed by atoms with van der Waals surface area (Å²) in [5, 5.41) is 8.28. The van der Waals surface area contributed by atoms with E-state index in [2.05, 4.69) is 10.2 Å². The van der Waals surface area contributed by atoms with Crippen LogP contribution >= 0.6 is 11.8 Å². The average molecular weight is 351 g/mol. The number of nitrogen functional groups attached to an aromatic ring is 1. The number of carbonyl (C=O) groups excluding carboxylic acids is 1. The van der Waals surface area contributed by atoms with Crippen molar-refractivity contribution in [1.29, 1.82) is 0 Å². The number of hydrogen-bond donors (Lipinski definition) is 1. The Morgan fingerprint density at radius 1 is 1.25 bits per heavy atom. The average Bonchev–Trinajstić information content (AvgIpc) is 2.86. The third-order valence-electron chi connectivity index (χ3n) is 3.50. The van der Waals surface area contributed by atoms with E-state index in [0.29, 0.717) is 5.16 Å². The summed E-state index contributed by atoms with van der Waals surface area (Å²) in [4.78, 5) is 14.2. The molecule has 8 heteroatoms. The Bertz CT molecular complexity index is 708. The van der Waals surface area contributed by atoms with Gasteiger partial charge in [-0.2, -0.15) is 0 Å². The van der Waals surface area contributed by atoms with Crippen LogP contribution in [0.1, 0.15) is 27.7 Å². The summed E-state index contributed by atoms with van der Waals surface area (Å²) in [6, 6.07) is 6.44. The second-order valence-electron chi connectivity index (χ2n) is 5.93. The highest BCUT2D eigenvalue weighted by Crippen LogP contribution is 2.24. The minimum atomic E-state index is -0.421. The molecule has 0 unspecified atom stereocenters. The quantitative estimate of drug-likeness (QED) is 0.639. The molecule has 1 aromatic carbocycles. The standard InChI is InChI=1S/C16H22FN5OS/c1-10(2)21(11(3)4)14(23)9-24-16-20-19-15(22(16)18)12-7-5-6-8-13(12)17/h5-8,10-11H,9,18H2,1-4H3. The van der Waals surface area contributed by atoms with Gasteiger partial charge < -0.3 is 10.7 Å². The van der Waals surface area contributed by atoms with Crippen LogP contribution in [0.5, 0.6) is 0 Å². The number of halogens is 1. The van der Waals surface area contributed by atoms with Gasteiger partial charge in [0, 0.05) is 12.1 Å². The maximum Gasteiger partial charge on any atom is 0.233 e. The van der Waals surface area contributed by atoms with E-state index < -0.39 is 5.82 Å². The van der Waals surface area contributed by atoms with Gasteiger partial charge in [0.1, 0.15) is 5.82 Å². The fourth-order valence-corrected chi connectivity index (χ4v) is 3.30. The number of carbonyl (C=O) groups is 1. The van der Waals surface area contributed by atoms with Crippen LogP contribution in [-0.2, 0) is 4.79 Å². The van der Waals surface area contributed by atoms with Gasteiger partial charge in [-0.1, -0.05) is 23.9 Å². The van der Waals surface area contributed by atoms with Gasteiger partial charge >= 0.3 is 0 Å². The molecule has 6 nitrogen and oxygen atoms in total. The number of amides is 1. The molecule has 1 aromatic heterocycles. The van der Waals surface area contributed by atoms with E-state index in [9.17, 15) is 9.18 Å². The van der Waals surface area contributed by atoms with Gasteiger partial charge in [0.25, 0.3) is 0 Å². The second-order valence-corrected chi connectivity index (χ2v) is 6.88. The van der Waals surface area contributed by atoms with Crippen molar-refractivity contribution in [1.82, 2.24) is 19.8 Å². The maximum atomic E-state index is 13.9. The van der Waals surface area contributed by atoms with Gasteiger partial charge in [-0.3, -0.25) is 4.79 Å². The lowest BCUT2D eigenvalue weighted by Crippen LogP contribution is -2.43. The molecule has 1 heterocycles. The molecule has 0 saturated carbocycles. The van der Waals surface area contributed by atoms with E-state index in [1.165, 1.54) is 22.5 Å². The highest BCUT2D eigenvalue weighted by Gasteiger charge is 2.22. The second kappa shape index (κ2) is 7.65. The molecule has 1 amide bonds. The lowest BCUT2D eigenvalue weighted by atomic mass is 10.2. The van der Waals surface area contributed by atoms with Crippen molar-refractivity contribution in [3.05, 3.63) is 30.1 Å². The van der Waals surface area contributed by atoms with Crippen molar-refractivity contribution >= 4 is 17.7 Å². The first-order valence-corrected chi connectivity index (χ1v) is 8.70. The predicted octanol–water partition coefficient (Wildman–Crippen LogP) is 2.54. The van der Waals surface area contributed by atoms with Crippen molar-refractivity contribution in [3.8, 4) is 11.4 Å². The number of benzene rings is 1. The Balaban J connectivity index is 2.13. The Morgan fingerprint density at radius 3 is 2.46 bits per heavy atom. The summed E-state index contributed by atoms with van der Waals surface area (Å²) in [7, 11) is 0. The zero-order valence-electron chi connectivity index (χ0n) is 14.2. The zero-order valence-corrected chi connectivity index (χ0v) is 15.0. The zero-order chi connectivity index (χ0) is 17.9. The highest BCUT2D eigenvalue weighted by atomic mass is 32.2. The number of nitrogens with zero attached hydrogens (tertiary/aromatic N) is 4. The first-order valence-electron chi connectivity index (χ1n) is 7.72. The molecule has 0 fully saturated rings. The molecule has 130 valence electrons. The highest BCUT2D eigenvalue weighted by molar-refractivity contribution is 7.99. The Labute approximate surface area is 145 Å². The molecule has 0 atom stereocenters. The molecule has 0 aliphatic carbocycles. The van der Waals surface area contributed by atoms with Crippen molar-refractivity contribution in [3.63, 3.8) is 0 Å². The molecule has 0 bridgehead atoms. The third kappa shape index (κ3) is 3.87. The largest absolute Gasteiger partial charge is 0.337 e. The minimum absolute atomic E-state index is 0.000409. The number of rotatable bonds is 6. The number of nitrogens with two attached hydrogens (primary N) is 1. The molecule has 0 spiro atoms. The monoisotopic (exact) mass is 351 g/mol. The Kier molecular flexibility index (Phi) is 5.82. The number of hydrogen-bond acceptors (Lipinski definition) is 5. The molecule has 2 rings (SSSR count). The smallest absolute Gasteiger partial charge is 0.233 e. The van der Waals surface area contributed by atoms with Gasteiger partial charge in [0.05, 0.1) is 11.3 Å². The molecule has 0 saturated heterocycles. The molecular weight excluding hydrogens is 329 g/mol. The van der Waals surface area contributed by atoms with Crippen molar-refractivity contribution in [2.24, 2.45) is 0 Å². The number of aromatic nitrogens is 3. The van der Waals surface area contributed by atoms with Gasteiger partial charge in [-0.05, 0) is 39.8 Å². The van der Waals surface area contributed by atoms with E-state index in [-0.39, 0.29) is 35.1 Å². The van der Waals surface area contributed by atoms with Gasteiger partial charge in [-0.15, -0.1) is 10.2 Å². The van der Waals surface area contributed by atoms with Gasteiger partial charge in [0.15, 0.2) is 5.82 Å². The summed E-state index contributed by atoms with van der Waals surface area (Å²) in [6.07, 6.45) is 0. The van der Waals surface area contributed by atoms with Crippen molar-refractivity contribution in [2.45, 2.75) is 44.9 Å². The first-order chi connectivity index (χ1) is 11.3. The lowest BCUT2D eigenvalue weighted by molar-refractivity contribution is -0.131. The summed E-state index contributed by atoms with van der Waals surface area (Å²) in [6.45, 7) is 7.91. The van der Waals surface area contributed by atoms with Crippen LogP contribution in [0.4, 0.5) is 4.39 Å². The summed E-state index contributed by atoms with van der Waals surface area (Å²) in [5.41, 5.74) is 0.275. The van der Waals surface area contributed by atoms with Crippen LogP contribution in [-0.4, -0.2) is 43.5 Å². The summed E-state index contributed by atoms with van der Waals surface area (Å²) in [5.74, 6) is 5.97. The van der Waals surface area contributed by atoms with Crippen LogP contribution in [0.25, 0.3) is 11.4 Å². The lowest BCUT2D eigenvalue weighted by Gasteiger charge is -2.30. The van der Waals surface area contributed by atoms with Crippen LogP contribution in [0.3, 0.4) is 0 Å². The fourth-order valence-electron chi connectivity index (χ4n) is 2.57. The molecule has 2 N–H and O–H groups in total. The minimum Gasteiger partial charge on any atom is -0.337 e. The molecule has 0 radical (unpaired) electrons. The Hall–Kier alpha value is -2.09. The van der Waals surface area contributed by atoms with Crippen molar-refractivity contribution in [2.75, 3.05) is 11.6 Å². The van der Waals surface area contributed by atoms with E-state index in [0.717, 1.165) is 0 Å². The SMILES string of the molecule is CC(C)N(C(=O)CSc1nnc(-c2ccccc2F)n1N)C(C)C. The Morgan fingerprint density at radius 2 is 1.88 bits per heavy atom. The fraction of sp³-hybridized carbons (Fsp3) is 0.438. The molecule has 0 aliphatic heterocycles. The normalized spacial score (nSPS) is 11.3. The molecule has 24 heavy (non-hydrogen) atoms. The number of thioether (sulfide) groups is 1. The first kappa shape index (κ1) is 18.3. The van der Waals surface area contributed by atoms with E-state index >= 15 is 0 Å². The topological polar surface area (TPSA) is 77.0 Å². The predicted molar refractivity (Wildman–Crippen MR) is 93.4 cm³/mol. The molecular formula is C16H22FN5OS. The summed E-state index contributed by atoms with van der Waals surface area (Å²) >= 11 is 1.19. The van der Waals surface area contributed by atoms with Gasteiger partial charge in [-0.25, -0.2) is 9.07 Å². The van der Waals surface area contributed by atoms with Crippen molar-refractivity contribution < 1.29 is 9.18 Å². The third-order valence-corrected chi connectivity index (χ3v) is 4.43. The van der Waals surface area contributed by atoms with E-state index in [1.807, 2.05) is 32.6 Å². The van der Waals surface area contributed by atoms with Crippen LogP contribution in [0, 0.1) is 5.82 Å².